The number of nitrogens with one attached hydrogen (secondary N) is 1. The van der Waals surface area contributed by atoms with Crippen LogP contribution in [-0.4, -0.2) is 20.1 Å². The molecule has 0 saturated heterocycles. The van der Waals surface area contributed by atoms with Crippen LogP contribution in [0.5, 0.6) is 11.5 Å². The van der Waals surface area contributed by atoms with Crippen molar-refractivity contribution >= 4 is 23.2 Å². The molecule has 116 valence electrons. The summed E-state index contributed by atoms with van der Waals surface area (Å²) in [7, 11) is 3.13. The third-order valence-electron chi connectivity index (χ3n) is 3.22. The normalized spacial score (nSPS) is 10.2. The maximum Gasteiger partial charge on any atom is 0.229 e. The lowest BCUT2D eigenvalue weighted by Gasteiger charge is -2.12. The third-order valence-corrected chi connectivity index (χ3v) is 3.46. The average molecular weight is 320 g/mol. The highest BCUT2D eigenvalue weighted by Gasteiger charge is 2.12. The topological polar surface area (TPSA) is 47.6 Å². The Morgan fingerprint density at radius 2 is 1.77 bits per heavy atom. The smallest absolute Gasteiger partial charge is 0.229 e. The fourth-order valence-electron chi connectivity index (χ4n) is 2.17. The van der Waals surface area contributed by atoms with Gasteiger partial charge in [0.2, 0.25) is 5.91 Å². The van der Waals surface area contributed by atoms with E-state index in [1.807, 2.05) is 25.1 Å². The minimum atomic E-state index is -0.163. The molecular formula is C17H18ClNO3. The quantitative estimate of drug-likeness (QED) is 0.910. The molecule has 22 heavy (non-hydrogen) atoms. The van der Waals surface area contributed by atoms with Crippen LogP contribution in [0, 0.1) is 6.92 Å². The van der Waals surface area contributed by atoms with E-state index in [4.69, 9.17) is 21.1 Å². The first-order valence-electron chi connectivity index (χ1n) is 6.80. The molecule has 0 fully saturated rings. The molecule has 5 heteroatoms. The fourth-order valence-corrected chi connectivity index (χ4v) is 2.37. The summed E-state index contributed by atoms with van der Waals surface area (Å²) in [4.78, 5) is 12.3. The Morgan fingerprint density at radius 1 is 1.09 bits per heavy atom. The van der Waals surface area contributed by atoms with E-state index in [1.165, 1.54) is 0 Å². The maximum absolute atomic E-state index is 12.3. The van der Waals surface area contributed by atoms with E-state index in [1.54, 1.807) is 32.4 Å². The number of halogens is 1. The first-order chi connectivity index (χ1) is 10.5. The van der Waals surface area contributed by atoms with E-state index in [-0.39, 0.29) is 12.3 Å². The van der Waals surface area contributed by atoms with Crippen molar-refractivity contribution in [2.24, 2.45) is 0 Å². The lowest BCUT2D eigenvalue weighted by atomic mass is 10.1. The molecule has 0 bridgehead atoms. The Balaban J connectivity index is 2.17. The summed E-state index contributed by atoms with van der Waals surface area (Å²) in [5, 5.41) is 3.43. The van der Waals surface area contributed by atoms with Gasteiger partial charge in [-0.05, 0) is 42.8 Å². The summed E-state index contributed by atoms with van der Waals surface area (Å²) in [5.41, 5.74) is 2.42. The highest BCUT2D eigenvalue weighted by Crippen LogP contribution is 2.27. The molecule has 0 unspecified atom stereocenters. The van der Waals surface area contributed by atoms with Crippen LogP contribution in [0.3, 0.4) is 0 Å². The largest absolute Gasteiger partial charge is 0.496 e. The number of rotatable bonds is 5. The van der Waals surface area contributed by atoms with Crippen molar-refractivity contribution in [1.82, 2.24) is 0 Å². The molecule has 0 heterocycles. The van der Waals surface area contributed by atoms with Crippen LogP contribution in [0.25, 0.3) is 0 Å². The van der Waals surface area contributed by atoms with Gasteiger partial charge in [-0.15, -0.1) is 0 Å². The second kappa shape index (κ2) is 7.18. The Labute approximate surface area is 135 Å². The van der Waals surface area contributed by atoms with E-state index in [9.17, 15) is 4.79 Å². The van der Waals surface area contributed by atoms with Crippen molar-refractivity contribution in [3.63, 3.8) is 0 Å². The summed E-state index contributed by atoms with van der Waals surface area (Å²) in [5.74, 6) is 1.09. The molecule has 0 spiro atoms. The number of methoxy groups -OCH3 is 2. The summed E-state index contributed by atoms with van der Waals surface area (Å²) >= 11 is 5.98. The van der Waals surface area contributed by atoms with Gasteiger partial charge in [-0.3, -0.25) is 4.79 Å². The number of ether oxygens (including phenoxy) is 2. The molecule has 0 atom stereocenters. The van der Waals surface area contributed by atoms with Gasteiger partial charge in [-0.1, -0.05) is 17.7 Å². The van der Waals surface area contributed by atoms with Gasteiger partial charge in [0, 0.05) is 10.6 Å². The predicted octanol–water partition coefficient (Wildman–Crippen LogP) is 3.85. The van der Waals surface area contributed by atoms with E-state index in [0.717, 1.165) is 11.1 Å². The Bertz CT molecular complexity index is 628. The molecule has 0 radical (unpaired) electrons. The Hall–Kier alpha value is -2.20. The molecule has 2 aromatic rings. The number of aryl methyl sites for hydroxylation is 1. The summed E-state index contributed by atoms with van der Waals surface area (Å²) in [6.45, 7) is 1.95. The van der Waals surface area contributed by atoms with E-state index < -0.39 is 0 Å². The molecule has 0 aliphatic rings. The van der Waals surface area contributed by atoms with Crippen molar-refractivity contribution < 1.29 is 14.3 Å². The zero-order valence-corrected chi connectivity index (χ0v) is 13.5. The second-order valence-electron chi connectivity index (χ2n) is 4.88. The lowest BCUT2D eigenvalue weighted by molar-refractivity contribution is -0.115. The molecule has 0 aromatic heterocycles. The minimum absolute atomic E-state index is 0.163. The highest BCUT2D eigenvalue weighted by atomic mass is 35.5. The van der Waals surface area contributed by atoms with Crippen LogP contribution in [0.4, 0.5) is 5.69 Å². The number of carbonyl (C=O) groups excluding carboxylic acids is 1. The number of benzene rings is 2. The average Bonchev–Trinajstić information content (AvgIpc) is 2.47. The van der Waals surface area contributed by atoms with Crippen LogP contribution < -0.4 is 14.8 Å². The monoisotopic (exact) mass is 319 g/mol. The zero-order valence-electron chi connectivity index (χ0n) is 12.8. The number of hydrogen-bond donors (Lipinski definition) is 1. The van der Waals surface area contributed by atoms with Crippen LogP contribution in [-0.2, 0) is 11.2 Å². The molecule has 2 aromatic carbocycles. The van der Waals surface area contributed by atoms with Gasteiger partial charge < -0.3 is 14.8 Å². The van der Waals surface area contributed by atoms with Crippen LogP contribution in [0.15, 0.2) is 36.4 Å². The van der Waals surface area contributed by atoms with Gasteiger partial charge in [-0.25, -0.2) is 0 Å². The van der Waals surface area contributed by atoms with Gasteiger partial charge in [0.05, 0.1) is 26.3 Å². The zero-order chi connectivity index (χ0) is 16.1. The molecule has 1 N–H and O–H groups in total. The number of anilines is 1. The molecule has 0 aliphatic carbocycles. The first-order valence-corrected chi connectivity index (χ1v) is 7.18. The van der Waals surface area contributed by atoms with Gasteiger partial charge in [0.1, 0.15) is 11.5 Å². The molecule has 2 rings (SSSR count). The number of carbonyl (C=O) groups is 1. The van der Waals surface area contributed by atoms with Gasteiger partial charge in [0.25, 0.3) is 0 Å². The Kier molecular flexibility index (Phi) is 5.28. The predicted molar refractivity (Wildman–Crippen MR) is 88.1 cm³/mol. The van der Waals surface area contributed by atoms with Gasteiger partial charge >= 0.3 is 0 Å². The van der Waals surface area contributed by atoms with E-state index in [2.05, 4.69) is 5.32 Å². The number of hydrogen-bond acceptors (Lipinski definition) is 3. The van der Waals surface area contributed by atoms with Gasteiger partial charge in [-0.2, -0.15) is 0 Å². The fraction of sp³-hybridized carbons (Fsp3) is 0.235. The molecule has 0 saturated carbocycles. The molecule has 1 amide bonds. The Morgan fingerprint density at radius 3 is 2.45 bits per heavy atom. The standard InChI is InChI=1S/C17H18ClNO3/c1-11-4-6-16(22-3)14(8-11)19-17(20)10-12-9-13(18)5-7-15(12)21-2/h4-9H,10H2,1-3H3,(H,19,20). The van der Waals surface area contributed by atoms with Crippen LogP contribution in [0.1, 0.15) is 11.1 Å². The lowest BCUT2D eigenvalue weighted by Crippen LogP contribution is -2.15. The maximum atomic E-state index is 12.3. The van der Waals surface area contributed by atoms with Crippen LogP contribution >= 0.6 is 11.6 Å². The minimum Gasteiger partial charge on any atom is -0.496 e. The third kappa shape index (κ3) is 3.92. The number of amides is 1. The van der Waals surface area contributed by atoms with Crippen LogP contribution in [0.2, 0.25) is 5.02 Å². The summed E-state index contributed by atoms with van der Waals surface area (Å²) < 4.78 is 10.5. The van der Waals surface area contributed by atoms with Crippen molar-refractivity contribution in [3.05, 3.63) is 52.5 Å². The highest BCUT2D eigenvalue weighted by molar-refractivity contribution is 6.30. The van der Waals surface area contributed by atoms with E-state index in [0.29, 0.717) is 22.2 Å². The molecular weight excluding hydrogens is 302 g/mol. The van der Waals surface area contributed by atoms with Crippen molar-refractivity contribution in [1.29, 1.82) is 0 Å². The molecule has 4 nitrogen and oxygen atoms in total. The first kappa shape index (κ1) is 16.2. The van der Waals surface area contributed by atoms with Crippen molar-refractivity contribution in [2.75, 3.05) is 19.5 Å². The van der Waals surface area contributed by atoms with E-state index >= 15 is 0 Å². The molecule has 0 aliphatic heterocycles. The second-order valence-corrected chi connectivity index (χ2v) is 5.32. The SMILES string of the molecule is COc1ccc(Cl)cc1CC(=O)Nc1cc(C)ccc1OC. The van der Waals surface area contributed by atoms with Gasteiger partial charge in [0.15, 0.2) is 0 Å². The van der Waals surface area contributed by atoms with Crippen molar-refractivity contribution in [3.8, 4) is 11.5 Å². The van der Waals surface area contributed by atoms with Crippen molar-refractivity contribution in [2.45, 2.75) is 13.3 Å². The summed E-state index contributed by atoms with van der Waals surface area (Å²) in [6, 6.07) is 10.8. The summed E-state index contributed by atoms with van der Waals surface area (Å²) in [6.07, 6.45) is 0.167.